The topological polar surface area (TPSA) is 41.1 Å². The summed E-state index contributed by atoms with van der Waals surface area (Å²) in [5.74, 6) is 0.781. The molecule has 4 nitrogen and oxygen atoms in total. The van der Waals surface area contributed by atoms with Gasteiger partial charge in [-0.05, 0) is 64.3 Å². The van der Waals surface area contributed by atoms with Crippen molar-refractivity contribution in [1.29, 1.82) is 0 Å². The van der Waals surface area contributed by atoms with E-state index in [1.54, 1.807) is 0 Å². The molecular weight excluding hydrogens is 296 g/mol. The molecule has 1 N–H and O–H groups in total. The SMILES string of the molecule is Cc1cc(C)nc(N[C@@H]2CCCN(CCCc3ccccc3)C2)n1. The second-order valence-electron chi connectivity index (χ2n) is 6.85. The summed E-state index contributed by atoms with van der Waals surface area (Å²) in [7, 11) is 0. The largest absolute Gasteiger partial charge is 0.350 e. The van der Waals surface area contributed by atoms with Crippen molar-refractivity contribution in [2.75, 3.05) is 25.0 Å². The van der Waals surface area contributed by atoms with Crippen LogP contribution in [0.3, 0.4) is 0 Å². The summed E-state index contributed by atoms with van der Waals surface area (Å²) in [6, 6.07) is 13.2. The number of hydrogen-bond donors (Lipinski definition) is 1. The van der Waals surface area contributed by atoms with Gasteiger partial charge in [-0.25, -0.2) is 9.97 Å². The lowest BCUT2D eigenvalue weighted by Crippen LogP contribution is -2.42. The predicted molar refractivity (Wildman–Crippen MR) is 99.4 cm³/mol. The molecule has 0 radical (unpaired) electrons. The first-order valence-corrected chi connectivity index (χ1v) is 9.04. The van der Waals surface area contributed by atoms with E-state index in [4.69, 9.17) is 0 Å². The van der Waals surface area contributed by atoms with Crippen molar-refractivity contribution < 1.29 is 0 Å². The van der Waals surface area contributed by atoms with Crippen LogP contribution < -0.4 is 5.32 Å². The molecule has 2 heterocycles. The fraction of sp³-hybridized carbons (Fsp3) is 0.500. The van der Waals surface area contributed by atoms with Crippen LogP contribution in [0, 0.1) is 13.8 Å². The molecule has 0 bridgehead atoms. The van der Waals surface area contributed by atoms with Crippen LogP contribution in [0.2, 0.25) is 0 Å². The number of nitrogens with zero attached hydrogens (tertiary/aromatic N) is 3. The fourth-order valence-corrected chi connectivity index (χ4v) is 3.50. The first-order valence-electron chi connectivity index (χ1n) is 9.04. The summed E-state index contributed by atoms with van der Waals surface area (Å²) in [5, 5.41) is 3.54. The van der Waals surface area contributed by atoms with Crippen LogP contribution in [0.25, 0.3) is 0 Å². The first-order chi connectivity index (χ1) is 11.7. The monoisotopic (exact) mass is 324 g/mol. The Balaban J connectivity index is 1.47. The van der Waals surface area contributed by atoms with Gasteiger partial charge in [-0.1, -0.05) is 30.3 Å². The third-order valence-electron chi connectivity index (χ3n) is 4.60. The van der Waals surface area contributed by atoms with Crippen LogP contribution >= 0.6 is 0 Å². The maximum absolute atomic E-state index is 4.51. The fourth-order valence-electron chi connectivity index (χ4n) is 3.50. The summed E-state index contributed by atoms with van der Waals surface area (Å²) in [5.41, 5.74) is 3.49. The number of nitrogens with one attached hydrogen (secondary N) is 1. The van der Waals surface area contributed by atoms with Gasteiger partial charge < -0.3 is 10.2 Å². The number of hydrogen-bond acceptors (Lipinski definition) is 4. The molecule has 1 aromatic carbocycles. The molecule has 0 aliphatic carbocycles. The molecule has 1 fully saturated rings. The van der Waals surface area contributed by atoms with E-state index in [-0.39, 0.29) is 0 Å². The Bertz CT molecular complexity index is 621. The zero-order chi connectivity index (χ0) is 16.8. The van der Waals surface area contributed by atoms with E-state index in [1.807, 2.05) is 19.9 Å². The quantitative estimate of drug-likeness (QED) is 0.881. The normalized spacial score (nSPS) is 18.5. The van der Waals surface area contributed by atoms with Gasteiger partial charge in [-0.3, -0.25) is 0 Å². The highest BCUT2D eigenvalue weighted by molar-refractivity contribution is 5.29. The van der Waals surface area contributed by atoms with Crippen molar-refractivity contribution >= 4 is 5.95 Å². The molecule has 4 heteroatoms. The minimum atomic E-state index is 0.455. The second-order valence-corrected chi connectivity index (χ2v) is 6.85. The van der Waals surface area contributed by atoms with Crippen molar-refractivity contribution in [2.45, 2.75) is 45.6 Å². The van der Waals surface area contributed by atoms with Gasteiger partial charge in [-0.2, -0.15) is 0 Å². The third kappa shape index (κ3) is 5.03. The zero-order valence-electron chi connectivity index (χ0n) is 14.8. The molecule has 0 spiro atoms. The van der Waals surface area contributed by atoms with E-state index in [0.29, 0.717) is 6.04 Å². The number of aromatic nitrogens is 2. The Morgan fingerprint density at radius 3 is 2.62 bits per heavy atom. The van der Waals surface area contributed by atoms with Gasteiger partial charge in [-0.15, -0.1) is 0 Å². The number of likely N-dealkylation sites (tertiary alicyclic amines) is 1. The summed E-state index contributed by atoms with van der Waals surface area (Å²) in [4.78, 5) is 11.6. The van der Waals surface area contributed by atoms with E-state index in [0.717, 1.165) is 30.3 Å². The standard InChI is InChI=1S/C20H28N4/c1-16-14-17(2)22-20(21-16)23-19-11-7-13-24(15-19)12-6-10-18-8-4-3-5-9-18/h3-5,8-9,14,19H,6-7,10-13,15H2,1-2H3,(H,21,22,23)/t19-/m1/s1. The average molecular weight is 324 g/mol. The molecule has 1 aliphatic heterocycles. The maximum atomic E-state index is 4.51. The van der Waals surface area contributed by atoms with Gasteiger partial charge in [0.25, 0.3) is 0 Å². The number of aryl methyl sites for hydroxylation is 3. The van der Waals surface area contributed by atoms with E-state index in [9.17, 15) is 0 Å². The van der Waals surface area contributed by atoms with E-state index in [1.165, 1.54) is 37.9 Å². The molecule has 0 saturated carbocycles. The minimum absolute atomic E-state index is 0.455. The zero-order valence-corrected chi connectivity index (χ0v) is 14.8. The Kier molecular flexibility index (Phi) is 5.81. The highest BCUT2D eigenvalue weighted by Crippen LogP contribution is 2.15. The Morgan fingerprint density at radius 1 is 1.12 bits per heavy atom. The summed E-state index contributed by atoms with van der Waals surface area (Å²) in [6.07, 6.45) is 4.83. The third-order valence-corrected chi connectivity index (χ3v) is 4.60. The van der Waals surface area contributed by atoms with E-state index < -0.39 is 0 Å². The van der Waals surface area contributed by atoms with Gasteiger partial charge in [0.05, 0.1) is 0 Å². The Labute approximate surface area is 145 Å². The molecule has 128 valence electrons. The number of piperidine rings is 1. The van der Waals surface area contributed by atoms with Crippen LogP contribution in [-0.4, -0.2) is 40.5 Å². The molecule has 1 aromatic heterocycles. The molecule has 1 atom stereocenters. The van der Waals surface area contributed by atoms with E-state index in [2.05, 4.69) is 50.5 Å². The van der Waals surface area contributed by atoms with Gasteiger partial charge >= 0.3 is 0 Å². The number of anilines is 1. The Hall–Kier alpha value is -1.94. The van der Waals surface area contributed by atoms with Crippen molar-refractivity contribution in [3.05, 3.63) is 53.3 Å². The summed E-state index contributed by atoms with van der Waals surface area (Å²) in [6.45, 7) is 7.51. The van der Waals surface area contributed by atoms with Gasteiger partial charge in [0.1, 0.15) is 0 Å². The molecule has 24 heavy (non-hydrogen) atoms. The second kappa shape index (κ2) is 8.25. The van der Waals surface area contributed by atoms with Crippen LogP contribution in [0.15, 0.2) is 36.4 Å². The van der Waals surface area contributed by atoms with Crippen LogP contribution in [-0.2, 0) is 6.42 Å². The smallest absolute Gasteiger partial charge is 0.223 e. The molecular formula is C20H28N4. The van der Waals surface area contributed by atoms with Crippen molar-refractivity contribution in [3.63, 3.8) is 0 Å². The lowest BCUT2D eigenvalue weighted by molar-refractivity contribution is 0.214. The van der Waals surface area contributed by atoms with Crippen molar-refractivity contribution in [3.8, 4) is 0 Å². The van der Waals surface area contributed by atoms with E-state index >= 15 is 0 Å². The highest BCUT2D eigenvalue weighted by Gasteiger charge is 2.20. The molecule has 1 aliphatic rings. The van der Waals surface area contributed by atoms with Crippen LogP contribution in [0.1, 0.15) is 36.2 Å². The minimum Gasteiger partial charge on any atom is -0.350 e. The van der Waals surface area contributed by atoms with Crippen molar-refractivity contribution in [2.24, 2.45) is 0 Å². The molecule has 2 aromatic rings. The molecule has 3 rings (SSSR count). The highest BCUT2D eigenvalue weighted by atomic mass is 15.2. The predicted octanol–water partition coefficient (Wildman–Crippen LogP) is 3.60. The lowest BCUT2D eigenvalue weighted by Gasteiger charge is -2.33. The average Bonchev–Trinajstić information content (AvgIpc) is 2.55. The molecule has 1 saturated heterocycles. The summed E-state index contributed by atoms with van der Waals surface area (Å²) >= 11 is 0. The maximum Gasteiger partial charge on any atom is 0.223 e. The van der Waals surface area contributed by atoms with Crippen molar-refractivity contribution in [1.82, 2.24) is 14.9 Å². The number of benzene rings is 1. The van der Waals surface area contributed by atoms with Gasteiger partial charge in [0, 0.05) is 24.0 Å². The first kappa shape index (κ1) is 16.9. The number of rotatable bonds is 6. The molecule has 0 amide bonds. The van der Waals surface area contributed by atoms with Crippen LogP contribution in [0.5, 0.6) is 0 Å². The van der Waals surface area contributed by atoms with Crippen LogP contribution in [0.4, 0.5) is 5.95 Å². The van der Waals surface area contributed by atoms with Gasteiger partial charge in [0.15, 0.2) is 0 Å². The lowest BCUT2D eigenvalue weighted by atomic mass is 10.0. The van der Waals surface area contributed by atoms with Gasteiger partial charge in [0.2, 0.25) is 5.95 Å². The summed E-state index contributed by atoms with van der Waals surface area (Å²) < 4.78 is 0. The molecule has 0 unspecified atom stereocenters. The Morgan fingerprint density at radius 2 is 1.88 bits per heavy atom.